The number of aryl methyl sites for hydroxylation is 4. The molecule has 0 aliphatic rings. The van der Waals surface area contributed by atoms with Crippen molar-refractivity contribution < 1.29 is 0 Å². The van der Waals surface area contributed by atoms with Crippen LogP contribution >= 0.6 is 0 Å². The molecule has 0 saturated heterocycles. The second kappa shape index (κ2) is 7.05. The highest BCUT2D eigenvalue weighted by atomic mass is 14.3. The topological polar surface area (TPSA) is 0 Å². The lowest BCUT2D eigenvalue weighted by molar-refractivity contribution is 0.915. The maximum absolute atomic E-state index is 2.31. The van der Waals surface area contributed by atoms with Gasteiger partial charge in [-0.25, -0.2) is 0 Å². The van der Waals surface area contributed by atoms with Gasteiger partial charge < -0.3 is 0 Å². The van der Waals surface area contributed by atoms with E-state index < -0.39 is 0 Å². The summed E-state index contributed by atoms with van der Waals surface area (Å²) in [6.07, 6.45) is 1.06. The van der Waals surface area contributed by atoms with E-state index >= 15 is 0 Å². The molecular formula is C24H26. The van der Waals surface area contributed by atoms with Crippen molar-refractivity contribution in [2.45, 2.75) is 40.0 Å². The molecule has 0 aliphatic heterocycles. The molecule has 24 heavy (non-hydrogen) atoms. The predicted molar refractivity (Wildman–Crippen MR) is 104 cm³/mol. The van der Waals surface area contributed by atoms with Gasteiger partial charge in [-0.1, -0.05) is 79.2 Å². The molecule has 0 N–H and O–H groups in total. The van der Waals surface area contributed by atoms with Crippen LogP contribution in [0.25, 0.3) is 0 Å². The number of hydrogen-bond donors (Lipinski definition) is 0. The monoisotopic (exact) mass is 314 g/mol. The molecule has 0 aliphatic carbocycles. The van der Waals surface area contributed by atoms with Crippen LogP contribution in [0.3, 0.4) is 0 Å². The summed E-state index contributed by atoms with van der Waals surface area (Å²) < 4.78 is 0. The van der Waals surface area contributed by atoms with Crippen LogP contribution in [0.4, 0.5) is 0 Å². The zero-order valence-electron chi connectivity index (χ0n) is 15.1. The van der Waals surface area contributed by atoms with Crippen LogP contribution in [-0.2, 0) is 6.42 Å². The summed E-state index contributed by atoms with van der Waals surface area (Å²) in [5.41, 5.74) is 9.79. The standard InChI is InChI=1S/C24H26/c1-5-20-11-9-10-14-22(20)24(21-12-7-6-8-13-21)23-18(3)15-17(2)16-19(23)4/h6-16,24H,5H2,1-4H3. The number of hydrogen-bond acceptors (Lipinski definition) is 0. The van der Waals surface area contributed by atoms with Gasteiger partial charge in [0.25, 0.3) is 0 Å². The molecule has 122 valence electrons. The van der Waals surface area contributed by atoms with Crippen LogP contribution in [0, 0.1) is 20.8 Å². The van der Waals surface area contributed by atoms with E-state index in [1.54, 1.807) is 0 Å². The minimum atomic E-state index is 0.294. The quantitative estimate of drug-likeness (QED) is 0.492. The largest absolute Gasteiger partial charge is 0.0622 e. The third-order valence-electron chi connectivity index (χ3n) is 4.91. The first kappa shape index (κ1) is 16.5. The van der Waals surface area contributed by atoms with Crippen LogP contribution in [0.2, 0.25) is 0 Å². The zero-order chi connectivity index (χ0) is 17.1. The summed E-state index contributed by atoms with van der Waals surface area (Å²) in [6, 6.07) is 24.4. The molecule has 1 unspecified atom stereocenters. The van der Waals surface area contributed by atoms with Gasteiger partial charge in [0.15, 0.2) is 0 Å². The fourth-order valence-electron chi connectivity index (χ4n) is 3.93. The van der Waals surface area contributed by atoms with E-state index in [0.717, 1.165) is 6.42 Å². The molecule has 0 bridgehead atoms. The summed E-state index contributed by atoms with van der Waals surface area (Å²) >= 11 is 0. The van der Waals surface area contributed by atoms with E-state index in [9.17, 15) is 0 Å². The Labute approximate surface area is 146 Å². The first-order chi connectivity index (χ1) is 11.6. The predicted octanol–water partition coefficient (Wildman–Crippen LogP) is 6.35. The highest BCUT2D eigenvalue weighted by molar-refractivity contribution is 5.52. The zero-order valence-corrected chi connectivity index (χ0v) is 15.1. The van der Waals surface area contributed by atoms with Crippen LogP contribution in [0.5, 0.6) is 0 Å². The second-order valence-corrected chi connectivity index (χ2v) is 6.71. The Morgan fingerprint density at radius 2 is 1.33 bits per heavy atom. The number of rotatable bonds is 4. The normalized spacial score (nSPS) is 12.2. The molecule has 3 aromatic rings. The molecule has 0 heterocycles. The van der Waals surface area contributed by atoms with E-state index in [1.165, 1.54) is 38.9 Å². The van der Waals surface area contributed by atoms with Gasteiger partial charge in [0.2, 0.25) is 0 Å². The molecule has 0 fully saturated rings. The average molecular weight is 314 g/mol. The molecule has 0 nitrogen and oxygen atoms in total. The van der Waals surface area contributed by atoms with Crippen molar-refractivity contribution in [2.75, 3.05) is 0 Å². The second-order valence-electron chi connectivity index (χ2n) is 6.71. The molecular weight excluding hydrogens is 288 g/mol. The van der Waals surface area contributed by atoms with Gasteiger partial charge >= 0.3 is 0 Å². The maximum atomic E-state index is 2.31. The molecule has 3 aromatic carbocycles. The minimum absolute atomic E-state index is 0.294. The Morgan fingerprint density at radius 1 is 0.750 bits per heavy atom. The minimum Gasteiger partial charge on any atom is -0.0622 e. The first-order valence-corrected chi connectivity index (χ1v) is 8.82. The van der Waals surface area contributed by atoms with Crippen LogP contribution in [0.1, 0.15) is 51.8 Å². The van der Waals surface area contributed by atoms with E-state index in [1.807, 2.05) is 0 Å². The van der Waals surface area contributed by atoms with E-state index in [2.05, 4.69) is 94.4 Å². The van der Waals surface area contributed by atoms with Crippen molar-refractivity contribution >= 4 is 0 Å². The molecule has 0 heteroatoms. The van der Waals surface area contributed by atoms with E-state index in [0.29, 0.717) is 5.92 Å². The molecule has 3 rings (SSSR count). The van der Waals surface area contributed by atoms with Gasteiger partial charge in [-0.3, -0.25) is 0 Å². The lowest BCUT2D eigenvalue weighted by atomic mass is 9.78. The lowest BCUT2D eigenvalue weighted by Gasteiger charge is -2.25. The Balaban J connectivity index is 2.29. The van der Waals surface area contributed by atoms with Crippen molar-refractivity contribution in [3.8, 4) is 0 Å². The smallest absolute Gasteiger partial charge is 0.0347 e. The maximum Gasteiger partial charge on any atom is 0.0347 e. The number of benzene rings is 3. The third kappa shape index (κ3) is 3.14. The molecule has 0 aromatic heterocycles. The van der Waals surface area contributed by atoms with Crippen LogP contribution in [-0.4, -0.2) is 0 Å². The van der Waals surface area contributed by atoms with Crippen molar-refractivity contribution in [2.24, 2.45) is 0 Å². The first-order valence-electron chi connectivity index (χ1n) is 8.82. The summed E-state index contributed by atoms with van der Waals surface area (Å²) in [6.45, 7) is 8.93. The van der Waals surface area contributed by atoms with Gasteiger partial charge in [0, 0.05) is 5.92 Å². The molecule has 1 atom stereocenters. The van der Waals surface area contributed by atoms with Gasteiger partial charge in [0.05, 0.1) is 0 Å². The van der Waals surface area contributed by atoms with Crippen molar-refractivity contribution in [3.63, 3.8) is 0 Å². The van der Waals surface area contributed by atoms with Crippen molar-refractivity contribution in [1.29, 1.82) is 0 Å². The fourth-order valence-corrected chi connectivity index (χ4v) is 3.93. The summed E-state index contributed by atoms with van der Waals surface area (Å²) in [7, 11) is 0. The third-order valence-corrected chi connectivity index (χ3v) is 4.91. The summed E-state index contributed by atoms with van der Waals surface area (Å²) in [5.74, 6) is 0.294. The molecule has 0 saturated carbocycles. The summed E-state index contributed by atoms with van der Waals surface area (Å²) in [5, 5.41) is 0. The Hall–Kier alpha value is -2.34. The SMILES string of the molecule is CCc1ccccc1C(c1ccccc1)c1c(C)cc(C)cc1C. The average Bonchev–Trinajstić information content (AvgIpc) is 2.58. The van der Waals surface area contributed by atoms with Gasteiger partial charge in [-0.05, 0) is 60.6 Å². The Kier molecular flexibility index (Phi) is 4.85. The highest BCUT2D eigenvalue weighted by Gasteiger charge is 2.22. The van der Waals surface area contributed by atoms with Gasteiger partial charge in [-0.2, -0.15) is 0 Å². The molecule has 0 spiro atoms. The van der Waals surface area contributed by atoms with Crippen LogP contribution in [0.15, 0.2) is 66.7 Å². The van der Waals surface area contributed by atoms with Gasteiger partial charge in [0.1, 0.15) is 0 Å². The van der Waals surface area contributed by atoms with Gasteiger partial charge in [-0.15, -0.1) is 0 Å². The van der Waals surface area contributed by atoms with E-state index in [4.69, 9.17) is 0 Å². The molecule has 0 radical (unpaired) electrons. The van der Waals surface area contributed by atoms with Crippen LogP contribution < -0.4 is 0 Å². The fraction of sp³-hybridized carbons (Fsp3) is 0.250. The molecule has 0 amide bonds. The van der Waals surface area contributed by atoms with Crippen molar-refractivity contribution in [3.05, 3.63) is 106 Å². The highest BCUT2D eigenvalue weighted by Crippen LogP contribution is 2.37. The van der Waals surface area contributed by atoms with Crippen molar-refractivity contribution in [1.82, 2.24) is 0 Å². The Bertz CT molecular complexity index is 805. The Morgan fingerprint density at radius 3 is 1.96 bits per heavy atom. The van der Waals surface area contributed by atoms with E-state index in [-0.39, 0.29) is 0 Å². The summed E-state index contributed by atoms with van der Waals surface area (Å²) in [4.78, 5) is 0. The lowest BCUT2D eigenvalue weighted by Crippen LogP contribution is -2.10.